The fourth-order valence-corrected chi connectivity index (χ4v) is 3.41. The maximum absolute atomic E-state index is 12.7. The van der Waals surface area contributed by atoms with E-state index in [0.29, 0.717) is 10.7 Å². The Morgan fingerprint density at radius 2 is 1.79 bits per heavy atom. The van der Waals surface area contributed by atoms with E-state index < -0.39 is 11.8 Å². The van der Waals surface area contributed by atoms with E-state index in [1.54, 1.807) is 24.3 Å². The second-order valence-electron chi connectivity index (χ2n) is 5.20. The third-order valence-electron chi connectivity index (χ3n) is 3.54. The first-order chi connectivity index (χ1) is 11.4. The Morgan fingerprint density at radius 3 is 2.46 bits per heavy atom. The summed E-state index contributed by atoms with van der Waals surface area (Å²) in [7, 11) is 0. The molecule has 0 fully saturated rings. The highest BCUT2D eigenvalue weighted by molar-refractivity contribution is 14.1. The third-order valence-corrected chi connectivity index (χ3v) is 4.80. The van der Waals surface area contributed by atoms with Crippen molar-refractivity contribution in [2.45, 2.75) is 6.92 Å². The minimum atomic E-state index is -0.574. The number of rotatable bonds is 3. The van der Waals surface area contributed by atoms with Crippen molar-refractivity contribution < 1.29 is 9.59 Å². The second kappa shape index (κ2) is 6.74. The number of hydrogen-bond donors (Lipinski definition) is 1. The lowest BCUT2D eigenvalue weighted by atomic mass is 10.2. The predicted molar refractivity (Wildman–Crippen MR) is 104 cm³/mol. The summed E-state index contributed by atoms with van der Waals surface area (Å²) < 4.78 is 1.07. The molecule has 0 aliphatic carbocycles. The molecule has 0 aromatic heterocycles. The van der Waals surface area contributed by atoms with Crippen LogP contribution in [0.1, 0.15) is 5.56 Å². The van der Waals surface area contributed by atoms with E-state index in [2.05, 4.69) is 27.9 Å². The van der Waals surface area contributed by atoms with Gasteiger partial charge < -0.3 is 5.32 Å². The Hall–Kier alpha value is -1.57. The number of nitrogens with zero attached hydrogens (tertiary/aromatic N) is 1. The van der Waals surface area contributed by atoms with Crippen LogP contribution < -0.4 is 10.2 Å². The van der Waals surface area contributed by atoms with Crippen molar-refractivity contribution in [2.75, 3.05) is 10.2 Å². The van der Waals surface area contributed by atoms with Gasteiger partial charge in [-0.1, -0.05) is 29.3 Å². The van der Waals surface area contributed by atoms with E-state index >= 15 is 0 Å². The number of benzene rings is 2. The van der Waals surface area contributed by atoms with Crippen molar-refractivity contribution in [2.24, 2.45) is 0 Å². The molecule has 2 aromatic carbocycles. The molecule has 0 saturated heterocycles. The van der Waals surface area contributed by atoms with Crippen LogP contribution in [0.15, 0.2) is 53.2 Å². The summed E-state index contributed by atoms with van der Waals surface area (Å²) in [5, 5.41) is 3.27. The van der Waals surface area contributed by atoms with Crippen LogP contribution in [0.2, 0.25) is 5.02 Å². The first-order valence-electron chi connectivity index (χ1n) is 6.96. The molecule has 2 amide bonds. The predicted octanol–water partition coefficient (Wildman–Crippen LogP) is 4.69. The highest BCUT2D eigenvalue weighted by Crippen LogP contribution is 2.32. The molecule has 1 N–H and O–H groups in total. The molecule has 1 aliphatic rings. The first kappa shape index (κ1) is 17.3. The van der Waals surface area contributed by atoms with Gasteiger partial charge in [-0.05, 0) is 71.5 Å². The van der Waals surface area contributed by atoms with Gasteiger partial charge in [-0.3, -0.25) is 9.59 Å². The average molecular weight is 473 g/mol. The maximum Gasteiger partial charge on any atom is 0.283 e. The topological polar surface area (TPSA) is 49.4 Å². The van der Waals surface area contributed by atoms with E-state index in [9.17, 15) is 9.59 Å². The molecule has 3 rings (SSSR count). The van der Waals surface area contributed by atoms with Gasteiger partial charge in [-0.15, -0.1) is 0 Å². The highest BCUT2D eigenvalue weighted by Gasteiger charge is 2.39. The van der Waals surface area contributed by atoms with Gasteiger partial charge in [0.1, 0.15) is 10.7 Å². The molecular formula is C17H11Cl2IN2O2. The first-order valence-corrected chi connectivity index (χ1v) is 8.79. The van der Waals surface area contributed by atoms with Crippen LogP contribution in [-0.4, -0.2) is 11.8 Å². The normalized spacial score (nSPS) is 14.6. The number of carbonyl (C=O) groups excluding carboxylic acids is 2. The van der Waals surface area contributed by atoms with Gasteiger partial charge >= 0.3 is 0 Å². The van der Waals surface area contributed by atoms with Crippen LogP contribution in [0.3, 0.4) is 0 Å². The van der Waals surface area contributed by atoms with E-state index in [-0.39, 0.29) is 10.7 Å². The van der Waals surface area contributed by atoms with Crippen LogP contribution in [-0.2, 0) is 9.59 Å². The molecule has 1 aliphatic heterocycles. The fourth-order valence-electron chi connectivity index (χ4n) is 2.36. The number of carbonyl (C=O) groups is 2. The van der Waals surface area contributed by atoms with Crippen molar-refractivity contribution >= 4 is 69.0 Å². The Morgan fingerprint density at radius 1 is 1.04 bits per heavy atom. The molecule has 1 heterocycles. The Bertz CT molecular complexity index is 896. The van der Waals surface area contributed by atoms with Crippen molar-refractivity contribution in [3.05, 3.63) is 67.4 Å². The standard InChI is InChI=1S/C17H11Cl2IN2O2/c1-9-7-11(20)5-6-13(9)21-15-14(19)16(23)22(17(15)24)12-4-2-3-10(18)8-12/h2-8,21H,1H3. The van der Waals surface area contributed by atoms with Gasteiger partial charge in [-0.2, -0.15) is 0 Å². The maximum atomic E-state index is 12.7. The lowest BCUT2D eigenvalue weighted by Crippen LogP contribution is -2.32. The van der Waals surface area contributed by atoms with E-state index in [0.717, 1.165) is 19.7 Å². The molecule has 0 bridgehead atoms. The molecular weight excluding hydrogens is 462 g/mol. The molecule has 0 spiro atoms. The Kier molecular flexibility index (Phi) is 4.85. The minimum Gasteiger partial charge on any atom is -0.349 e. The summed E-state index contributed by atoms with van der Waals surface area (Å²) in [5.74, 6) is -1.08. The fraction of sp³-hybridized carbons (Fsp3) is 0.0588. The summed E-state index contributed by atoms with van der Waals surface area (Å²) in [4.78, 5) is 26.1. The van der Waals surface area contributed by atoms with Crippen molar-refractivity contribution in [3.8, 4) is 0 Å². The molecule has 122 valence electrons. The number of halogens is 3. The zero-order chi connectivity index (χ0) is 17.4. The third kappa shape index (κ3) is 3.16. The summed E-state index contributed by atoms with van der Waals surface area (Å²) in [6, 6.07) is 12.2. The Balaban J connectivity index is 1.95. The second-order valence-corrected chi connectivity index (χ2v) is 7.26. The van der Waals surface area contributed by atoms with Gasteiger partial charge in [0.25, 0.3) is 11.8 Å². The number of anilines is 2. The largest absolute Gasteiger partial charge is 0.349 e. The quantitative estimate of drug-likeness (QED) is 0.520. The van der Waals surface area contributed by atoms with Crippen LogP contribution in [0.4, 0.5) is 11.4 Å². The van der Waals surface area contributed by atoms with E-state index in [4.69, 9.17) is 23.2 Å². The smallest absolute Gasteiger partial charge is 0.283 e. The molecule has 7 heteroatoms. The van der Waals surface area contributed by atoms with Gasteiger partial charge in [0.05, 0.1) is 5.69 Å². The molecule has 0 unspecified atom stereocenters. The lowest BCUT2D eigenvalue weighted by molar-refractivity contribution is -0.120. The van der Waals surface area contributed by atoms with Crippen molar-refractivity contribution in [1.29, 1.82) is 0 Å². The van der Waals surface area contributed by atoms with Crippen LogP contribution >= 0.6 is 45.8 Å². The number of nitrogens with one attached hydrogen (secondary N) is 1. The number of imide groups is 1. The zero-order valence-corrected chi connectivity index (χ0v) is 16.1. The summed E-state index contributed by atoms with van der Waals surface area (Å²) in [5.41, 5.74) is 2.11. The summed E-state index contributed by atoms with van der Waals surface area (Å²) in [6.07, 6.45) is 0. The van der Waals surface area contributed by atoms with Crippen molar-refractivity contribution in [1.82, 2.24) is 0 Å². The van der Waals surface area contributed by atoms with Gasteiger partial charge in [0.15, 0.2) is 0 Å². The Labute approximate surface area is 162 Å². The van der Waals surface area contributed by atoms with Crippen LogP contribution in [0.25, 0.3) is 0 Å². The molecule has 2 aromatic rings. The highest BCUT2D eigenvalue weighted by atomic mass is 127. The van der Waals surface area contributed by atoms with Crippen molar-refractivity contribution in [3.63, 3.8) is 0 Å². The number of hydrogen-bond acceptors (Lipinski definition) is 3. The van der Waals surface area contributed by atoms with E-state index in [1.165, 1.54) is 0 Å². The SMILES string of the molecule is Cc1cc(I)ccc1NC1=C(Cl)C(=O)N(c2cccc(Cl)c2)C1=O. The molecule has 0 saturated carbocycles. The van der Waals surface area contributed by atoms with E-state index in [1.807, 2.05) is 25.1 Å². The van der Waals surface area contributed by atoms with Gasteiger partial charge in [0.2, 0.25) is 0 Å². The molecule has 4 nitrogen and oxygen atoms in total. The molecule has 0 radical (unpaired) electrons. The lowest BCUT2D eigenvalue weighted by Gasteiger charge is -2.15. The zero-order valence-electron chi connectivity index (χ0n) is 12.4. The molecule has 24 heavy (non-hydrogen) atoms. The van der Waals surface area contributed by atoms with Crippen LogP contribution in [0, 0.1) is 10.5 Å². The van der Waals surface area contributed by atoms with Gasteiger partial charge in [0, 0.05) is 14.3 Å². The molecule has 0 atom stereocenters. The number of amides is 2. The van der Waals surface area contributed by atoms with Crippen LogP contribution in [0.5, 0.6) is 0 Å². The average Bonchev–Trinajstić information content (AvgIpc) is 2.73. The minimum absolute atomic E-state index is 0.0611. The summed E-state index contributed by atoms with van der Waals surface area (Å²) >= 11 is 14.3. The summed E-state index contributed by atoms with van der Waals surface area (Å²) in [6.45, 7) is 1.91. The monoisotopic (exact) mass is 472 g/mol. The van der Waals surface area contributed by atoms with Gasteiger partial charge in [-0.25, -0.2) is 4.90 Å². The number of aryl methyl sites for hydroxylation is 1.